The second-order valence-electron chi connectivity index (χ2n) is 5.67. The molecule has 0 radical (unpaired) electrons. The number of hydrogen-bond acceptors (Lipinski definition) is 3. The van der Waals surface area contributed by atoms with Gasteiger partial charge < -0.3 is 15.8 Å². The van der Waals surface area contributed by atoms with Gasteiger partial charge in [-0.3, -0.25) is 0 Å². The topological polar surface area (TPSA) is 47.3 Å². The van der Waals surface area contributed by atoms with Crippen LogP contribution in [0.1, 0.15) is 47.0 Å². The highest BCUT2D eigenvalue weighted by molar-refractivity contribution is 4.98. The zero-order chi connectivity index (χ0) is 11.5. The standard InChI is InChI=1S/C12H26N2O/c1-11(2)9-10(12(3,4)15-11)14-8-6-5-7-13/h10,14H,5-9,13H2,1-4H3. The molecular formula is C12H26N2O. The minimum atomic E-state index is -0.0494. The van der Waals surface area contributed by atoms with Crippen LogP contribution in [-0.4, -0.2) is 30.3 Å². The maximum atomic E-state index is 6.02. The van der Waals surface area contributed by atoms with Crippen molar-refractivity contribution in [2.24, 2.45) is 5.73 Å². The maximum absolute atomic E-state index is 6.02. The molecule has 0 aromatic rings. The number of unbranched alkanes of at least 4 members (excludes halogenated alkanes) is 1. The number of hydrogen-bond donors (Lipinski definition) is 2. The van der Waals surface area contributed by atoms with Crippen molar-refractivity contribution in [3.05, 3.63) is 0 Å². The average molecular weight is 214 g/mol. The quantitative estimate of drug-likeness (QED) is 0.684. The first kappa shape index (κ1) is 12.9. The highest BCUT2D eigenvalue weighted by Crippen LogP contribution is 2.37. The molecule has 1 fully saturated rings. The summed E-state index contributed by atoms with van der Waals surface area (Å²) in [6, 6.07) is 0.463. The summed E-state index contributed by atoms with van der Waals surface area (Å²) in [5, 5.41) is 3.58. The average Bonchev–Trinajstić information content (AvgIpc) is 2.28. The van der Waals surface area contributed by atoms with E-state index in [1.807, 2.05) is 0 Å². The first-order chi connectivity index (χ1) is 6.87. The van der Waals surface area contributed by atoms with Crippen molar-refractivity contribution in [2.75, 3.05) is 13.1 Å². The molecule has 0 saturated carbocycles. The smallest absolute Gasteiger partial charge is 0.0787 e. The fourth-order valence-electron chi connectivity index (χ4n) is 2.43. The molecule has 0 spiro atoms. The number of nitrogens with one attached hydrogen (secondary N) is 1. The molecule has 1 rings (SSSR count). The van der Waals surface area contributed by atoms with Crippen LogP contribution in [0.4, 0.5) is 0 Å². The Morgan fingerprint density at radius 1 is 1.27 bits per heavy atom. The minimum absolute atomic E-state index is 0.00896. The van der Waals surface area contributed by atoms with E-state index in [1.54, 1.807) is 0 Å². The summed E-state index contributed by atoms with van der Waals surface area (Å²) >= 11 is 0. The van der Waals surface area contributed by atoms with Crippen LogP contribution in [0.25, 0.3) is 0 Å². The van der Waals surface area contributed by atoms with Crippen molar-refractivity contribution in [1.29, 1.82) is 0 Å². The van der Waals surface area contributed by atoms with E-state index < -0.39 is 0 Å². The van der Waals surface area contributed by atoms with Gasteiger partial charge in [-0.15, -0.1) is 0 Å². The Bertz CT molecular complexity index is 202. The molecule has 3 nitrogen and oxygen atoms in total. The second kappa shape index (κ2) is 4.81. The number of rotatable bonds is 5. The third-order valence-electron chi connectivity index (χ3n) is 3.10. The SMILES string of the molecule is CC1(C)CC(NCCCCN)C(C)(C)O1. The molecular weight excluding hydrogens is 188 g/mol. The molecule has 1 saturated heterocycles. The summed E-state index contributed by atoms with van der Waals surface area (Å²) in [5.74, 6) is 0. The largest absolute Gasteiger partial charge is 0.368 e. The molecule has 1 atom stereocenters. The summed E-state index contributed by atoms with van der Waals surface area (Å²) < 4.78 is 6.02. The zero-order valence-electron chi connectivity index (χ0n) is 10.6. The van der Waals surface area contributed by atoms with Gasteiger partial charge in [-0.2, -0.15) is 0 Å². The molecule has 1 unspecified atom stereocenters. The van der Waals surface area contributed by atoms with Crippen molar-refractivity contribution in [1.82, 2.24) is 5.32 Å². The number of nitrogens with two attached hydrogens (primary N) is 1. The summed E-state index contributed by atoms with van der Waals surface area (Å²) in [6.07, 6.45) is 3.34. The molecule has 1 heterocycles. The monoisotopic (exact) mass is 214 g/mol. The van der Waals surface area contributed by atoms with Crippen LogP contribution in [0.3, 0.4) is 0 Å². The molecule has 0 aliphatic carbocycles. The molecule has 15 heavy (non-hydrogen) atoms. The van der Waals surface area contributed by atoms with Gasteiger partial charge in [-0.1, -0.05) is 0 Å². The van der Waals surface area contributed by atoms with Crippen LogP contribution in [0.15, 0.2) is 0 Å². The molecule has 3 N–H and O–H groups in total. The third-order valence-corrected chi connectivity index (χ3v) is 3.10. The van der Waals surface area contributed by atoms with E-state index in [0.29, 0.717) is 6.04 Å². The summed E-state index contributed by atoms with van der Waals surface area (Å²) in [7, 11) is 0. The van der Waals surface area contributed by atoms with Crippen molar-refractivity contribution in [2.45, 2.75) is 64.2 Å². The first-order valence-corrected chi connectivity index (χ1v) is 6.01. The Kier molecular flexibility index (Phi) is 4.15. The summed E-state index contributed by atoms with van der Waals surface area (Å²) in [5.41, 5.74) is 5.43. The van der Waals surface area contributed by atoms with Gasteiger partial charge in [0.25, 0.3) is 0 Å². The van der Waals surface area contributed by atoms with Gasteiger partial charge in [0.15, 0.2) is 0 Å². The van der Waals surface area contributed by atoms with Crippen LogP contribution in [0, 0.1) is 0 Å². The minimum Gasteiger partial charge on any atom is -0.368 e. The van der Waals surface area contributed by atoms with Gasteiger partial charge >= 0.3 is 0 Å². The van der Waals surface area contributed by atoms with Gasteiger partial charge in [0.1, 0.15) is 0 Å². The molecule has 0 amide bonds. The first-order valence-electron chi connectivity index (χ1n) is 6.01. The highest BCUT2D eigenvalue weighted by atomic mass is 16.5. The van der Waals surface area contributed by atoms with Crippen LogP contribution in [-0.2, 0) is 4.74 Å². The number of ether oxygens (including phenoxy) is 1. The van der Waals surface area contributed by atoms with E-state index in [1.165, 1.54) is 0 Å². The van der Waals surface area contributed by atoms with E-state index in [9.17, 15) is 0 Å². The van der Waals surface area contributed by atoms with Crippen molar-refractivity contribution >= 4 is 0 Å². The van der Waals surface area contributed by atoms with Gasteiger partial charge in [-0.05, 0) is 60.0 Å². The predicted molar refractivity (Wildman–Crippen MR) is 63.9 cm³/mol. The van der Waals surface area contributed by atoms with E-state index in [0.717, 1.165) is 32.4 Å². The lowest BCUT2D eigenvalue weighted by Crippen LogP contribution is -2.43. The van der Waals surface area contributed by atoms with Gasteiger partial charge in [0.2, 0.25) is 0 Å². The predicted octanol–water partition coefficient (Wildman–Crippen LogP) is 1.66. The molecule has 1 aliphatic heterocycles. The van der Waals surface area contributed by atoms with E-state index in [4.69, 9.17) is 10.5 Å². The van der Waals surface area contributed by atoms with Crippen molar-refractivity contribution in [3.8, 4) is 0 Å². The fourth-order valence-corrected chi connectivity index (χ4v) is 2.43. The van der Waals surface area contributed by atoms with Crippen molar-refractivity contribution < 1.29 is 4.74 Å². The normalized spacial score (nSPS) is 28.2. The lowest BCUT2D eigenvalue weighted by molar-refractivity contribution is -0.0697. The Morgan fingerprint density at radius 2 is 1.93 bits per heavy atom. The highest BCUT2D eigenvalue weighted by Gasteiger charge is 2.45. The molecule has 0 aromatic heterocycles. The van der Waals surface area contributed by atoms with Gasteiger partial charge in [0, 0.05) is 6.04 Å². The second-order valence-corrected chi connectivity index (χ2v) is 5.67. The Morgan fingerprint density at radius 3 is 2.40 bits per heavy atom. The van der Waals surface area contributed by atoms with Gasteiger partial charge in [-0.25, -0.2) is 0 Å². The zero-order valence-corrected chi connectivity index (χ0v) is 10.6. The molecule has 90 valence electrons. The van der Waals surface area contributed by atoms with Crippen LogP contribution < -0.4 is 11.1 Å². The molecule has 0 aromatic carbocycles. The molecule has 1 aliphatic rings. The third kappa shape index (κ3) is 3.74. The molecule has 0 bridgehead atoms. The Labute approximate surface area is 93.8 Å². The fraction of sp³-hybridized carbons (Fsp3) is 1.00. The summed E-state index contributed by atoms with van der Waals surface area (Å²) in [6.45, 7) is 10.5. The van der Waals surface area contributed by atoms with Crippen LogP contribution in [0.2, 0.25) is 0 Å². The maximum Gasteiger partial charge on any atom is 0.0787 e. The van der Waals surface area contributed by atoms with Crippen LogP contribution >= 0.6 is 0 Å². The lowest BCUT2D eigenvalue weighted by Gasteiger charge is -2.27. The Balaban J connectivity index is 2.35. The summed E-state index contributed by atoms with van der Waals surface area (Å²) in [4.78, 5) is 0. The Hall–Kier alpha value is -0.120. The lowest BCUT2D eigenvalue weighted by atomic mass is 9.94. The van der Waals surface area contributed by atoms with E-state index in [-0.39, 0.29) is 11.2 Å². The van der Waals surface area contributed by atoms with E-state index in [2.05, 4.69) is 33.0 Å². The molecule has 3 heteroatoms. The van der Waals surface area contributed by atoms with Crippen LogP contribution in [0.5, 0.6) is 0 Å². The van der Waals surface area contributed by atoms with Crippen molar-refractivity contribution in [3.63, 3.8) is 0 Å². The van der Waals surface area contributed by atoms with E-state index >= 15 is 0 Å². The van der Waals surface area contributed by atoms with Gasteiger partial charge in [0.05, 0.1) is 11.2 Å².